The molecule has 0 radical (unpaired) electrons. The Kier molecular flexibility index (Phi) is 7.19. The van der Waals surface area contributed by atoms with E-state index in [1.807, 2.05) is 39.0 Å². The average molecular weight is 501 g/mol. The highest BCUT2D eigenvalue weighted by atomic mass is 35.5. The lowest BCUT2D eigenvalue weighted by Crippen LogP contribution is -2.45. The van der Waals surface area contributed by atoms with E-state index in [0.717, 1.165) is 37.0 Å². The first kappa shape index (κ1) is 24.5. The summed E-state index contributed by atoms with van der Waals surface area (Å²) in [7, 11) is 0. The molecule has 2 aromatic rings. The number of rotatable bonds is 3. The van der Waals surface area contributed by atoms with E-state index in [1.165, 1.54) is 6.20 Å². The Morgan fingerprint density at radius 3 is 2.74 bits per heavy atom. The summed E-state index contributed by atoms with van der Waals surface area (Å²) in [6, 6.07) is 11.1. The minimum Gasteiger partial charge on any atom is -0.444 e. The van der Waals surface area contributed by atoms with Crippen molar-refractivity contribution in [2.24, 2.45) is 10.9 Å². The van der Waals surface area contributed by atoms with Crippen LogP contribution in [0, 0.1) is 5.92 Å². The van der Waals surface area contributed by atoms with Gasteiger partial charge in [0.15, 0.2) is 5.17 Å². The molecule has 2 N–H and O–H groups in total. The number of hydrogen-bond acceptors (Lipinski definition) is 6. The van der Waals surface area contributed by atoms with E-state index in [1.54, 1.807) is 23.9 Å². The Labute approximate surface area is 209 Å². The number of anilines is 1. The van der Waals surface area contributed by atoms with Crippen LogP contribution in [0.15, 0.2) is 47.6 Å². The van der Waals surface area contributed by atoms with Crippen LogP contribution in [0.25, 0.3) is 0 Å². The second-order valence-electron chi connectivity index (χ2n) is 9.62. The molecule has 9 heteroatoms. The summed E-state index contributed by atoms with van der Waals surface area (Å²) >= 11 is 7.44. The predicted molar refractivity (Wildman–Crippen MR) is 137 cm³/mol. The number of aromatic nitrogens is 1. The Hall–Kier alpha value is -2.58. The Bertz CT molecular complexity index is 1100. The second-order valence-corrected chi connectivity index (χ2v) is 11.1. The van der Waals surface area contributed by atoms with Crippen LogP contribution in [-0.2, 0) is 10.3 Å². The number of amides is 2. The molecule has 4 rings (SSSR count). The quantitative estimate of drug-likeness (QED) is 0.539. The molecule has 1 fully saturated rings. The molecule has 180 valence electrons. The van der Waals surface area contributed by atoms with Crippen molar-refractivity contribution < 1.29 is 14.3 Å². The van der Waals surface area contributed by atoms with E-state index in [2.05, 4.69) is 21.7 Å². The molecule has 2 amide bonds. The molecule has 0 spiro atoms. The van der Waals surface area contributed by atoms with Crippen molar-refractivity contribution in [1.29, 1.82) is 0 Å². The van der Waals surface area contributed by atoms with Crippen molar-refractivity contribution in [3.63, 3.8) is 0 Å². The van der Waals surface area contributed by atoms with Gasteiger partial charge in [-0.3, -0.25) is 15.1 Å². The van der Waals surface area contributed by atoms with Crippen molar-refractivity contribution in [3.8, 4) is 0 Å². The number of carbonyl (C=O) groups is 2. The molecule has 1 aliphatic heterocycles. The molecule has 34 heavy (non-hydrogen) atoms. The lowest BCUT2D eigenvalue weighted by molar-refractivity contribution is 0.0563. The van der Waals surface area contributed by atoms with Crippen molar-refractivity contribution in [1.82, 2.24) is 10.3 Å². The van der Waals surface area contributed by atoms with E-state index in [0.29, 0.717) is 27.5 Å². The van der Waals surface area contributed by atoms with E-state index >= 15 is 0 Å². The van der Waals surface area contributed by atoms with E-state index < -0.39 is 17.2 Å². The number of halogens is 1. The highest BCUT2D eigenvalue weighted by Crippen LogP contribution is 2.49. The van der Waals surface area contributed by atoms with Crippen LogP contribution >= 0.6 is 23.4 Å². The van der Waals surface area contributed by atoms with Gasteiger partial charge < -0.3 is 10.1 Å². The summed E-state index contributed by atoms with van der Waals surface area (Å²) in [4.78, 5) is 34.2. The number of aliphatic imine (C=N–C) groups is 1. The molecule has 0 saturated heterocycles. The lowest BCUT2D eigenvalue weighted by atomic mass is 9.70. The minimum atomic E-state index is -0.583. The van der Waals surface area contributed by atoms with Crippen molar-refractivity contribution in [3.05, 3.63) is 58.9 Å². The van der Waals surface area contributed by atoms with Crippen LogP contribution in [0.5, 0.6) is 0 Å². The van der Waals surface area contributed by atoms with E-state index in [4.69, 9.17) is 21.3 Å². The molecular weight excluding hydrogens is 472 g/mol. The van der Waals surface area contributed by atoms with Gasteiger partial charge in [-0.1, -0.05) is 48.3 Å². The normalized spacial score (nSPS) is 22.2. The predicted octanol–water partition coefficient (Wildman–Crippen LogP) is 6.00. The second kappa shape index (κ2) is 9.96. The molecule has 0 bridgehead atoms. The average Bonchev–Trinajstić information content (AvgIpc) is 2.78. The number of fused-ring (bicyclic) bond motifs is 1. The zero-order chi connectivity index (χ0) is 24.3. The Balaban J connectivity index is 1.60. The first-order valence-corrected chi connectivity index (χ1v) is 12.8. The zero-order valence-electron chi connectivity index (χ0n) is 19.6. The SMILES string of the molecule is CC(C)(C)OC(=O)NC1=N[C@@]2(c3cccc(NC(=O)c4ccc(Cl)cn4)c3)CCCCC2CS1. The third kappa shape index (κ3) is 5.73. The number of ether oxygens (including phenoxy) is 1. The van der Waals surface area contributed by atoms with Crippen LogP contribution in [0.1, 0.15) is 62.5 Å². The van der Waals surface area contributed by atoms with Crippen molar-refractivity contribution in [2.75, 3.05) is 11.1 Å². The fraction of sp³-hybridized carbons (Fsp3) is 0.440. The summed E-state index contributed by atoms with van der Waals surface area (Å²) in [5.41, 5.74) is 0.962. The van der Waals surface area contributed by atoms with Crippen molar-refractivity contribution in [2.45, 2.75) is 57.6 Å². The van der Waals surface area contributed by atoms with Crippen LogP contribution in [0.2, 0.25) is 5.02 Å². The van der Waals surface area contributed by atoms with Crippen LogP contribution in [0.4, 0.5) is 10.5 Å². The highest BCUT2D eigenvalue weighted by molar-refractivity contribution is 8.13. The van der Waals surface area contributed by atoms with Crippen molar-refractivity contribution >= 4 is 46.2 Å². The molecule has 2 heterocycles. The summed E-state index contributed by atoms with van der Waals surface area (Å²) in [5.74, 6) is 0.903. The minimum absolute atomic E-state index is 0.291. The molecule has 2 aliphatic rings. The fourth-order valence-electron chi connectivity index (χ4n) is 4.46. The van der Waals surface area contributed by atoms with Crippen LogP contribution in [-0.4, -0.2) is 33.5 Å². The summed E-state index contributed by atoms with van der Waals surface area (Å²) in [5, 5.41) is 6.82. The number of thioether (sulfide) groups is 1. The topological polar surface area (TPSA) is 92.7 Å². The number of benzene rings is 1. The number of nitrogens with one attached hydrogen (secondary N) is 2. The number of alkyl carbamates (subject to hydrolysis) is 1. The molecule has 1 aromatic carbocycles. The largest absolute Gasteiger partial charge is 0.444 e. The smallest absolute Gasteiger partial charge is 0.413 e. The molecule has 1 saturated carbocycles. The maximum atomic E-state index is 12.7. The highest BCUT2D eigenvalue weighted by Gasteiger charge is 2.45. The van der Waals surface area contributed by atoms with Crippen LogP contribution in [0.3, 0.4) is 0 Å². The number of pyridine rings is 1. The fourth-order valence-corrected chi connectivity index (χ4v) is 5.76. The molecule has 2 atom stereocenters. The van der Waals surface area contributed by atoms with Gasteiger partial charge in [0, 0.05) is 17.6 Å². The molecular formula is C25H29ClN4O3S. The lowest BCUT2D eigenvalue weighted by Gasteiger charge is -2.44. The molecule has 1 aromatic heterocycles. The van der Waals surface area contributed by atoms with E-state index in [-0.39, 0.29) is 5.91 Å². The summed E-state index contributed by atoms with van der Waals surface area (Å²) in [6.45, 7) is 5.50. The first-order chi connectivity index (χ1) is 16.1. The van der Waals surface area contributed by atoms with Gasteiger partial charge in [-0.25, -0.2) is 9.78 Å². The van der Waals surface area contributed by atoms with Gasteiger partial charge in [-0.2, -0.15) is 0 Å². The number of nitrogens with zero attached hydrogens (tertiary/aromatic N) is 2. The van der Waals surface area contributed by atoms with Gasteiger partial charge in [0.05, 0.1) is 10.6 Å². The third-order valence-electron chi connectivity index (χ3n) is 5.95. The van der Waals surface area contributed by atoms with Gasteiger partial charge >= 0.3 is 6.09 Å². The monoisotopic (exact) mass is 500 g/mol. The maximum absolute atomic E-state index is 12.7. The third-order valence-corrected chi connectivity index (χ3v) is 7.21. The van der Waals surface area contributed by atoms with Gasteiger partial charge in [-0.05, 0) is 69.4 Å². The first-order valence-electron chi connectivity index (χ1n) is 11.4. The summed E-state index contributed by atoms with van der Waals surface area (Å²) in [6.07, 6.45) is 5.12. The number of hydrogen-bond donors (Lipinski definition) is 2. The Morgan fingerprint density at radius 1 is 1.18 bits per heavy atom. The zero-order valence-corrected chi connectivity index (χ0v) is 21.1. The number of carbonyl (C=O) groups excluding carboxylic acids is 2. The van der Waals surface area contributed by atoms with Crippen LogP contribution < -0.4 is 10.6 Å². The van der Waals surface area contributed by atoms with Gasteiger partial charge in [0.2, 0.25) is 0 Å². The van der Waals surface area contributed by atoms with Gasteiger partial charge in [0.1, 0.15) is 11.3 Å². The molecule has 1 unspecified atom stereocenters. The molecule has 7 nitrogen and oxygen atoms in total. The number of amidine groups is 1. The summed E-state index contributed by atoms with van der Waals surface area (Å²) < 4.78 is 5.42. The molecule has 1 aliphatic carbocycles. The maximum Gasteiger partial charge on any atom is 0.413 e. The van der Waals surface area contributed by atoms with E-state index in [9.17, 15) is 9.59 Å². The Morgan fingerprint density at radius 2 is 2.00 bits per heavy atom. The van der Waals surface area contributed by atoms with Gasteiger partial charge in [0.25, 0.3) is 5.91 Å². The standard InChI is InChI=1S/C25H29ClN4O3S/c1-24(2,3)33-23(32)29-22-30-25(12-5-4-7-17(25)15-34-22)16-8-6-9-19(13-16)28-21(31)20-11-10-18(26)14-27-20/h6,8-11,13-14,17H,4-5,7,12,15H2,1-3H3,(H,28,31)(H,29,30,32)/t17?,25-/m1/s1. The van der Waals surface area contributed by atoms with Gasteiger partial charge in [-0.15, -0.1) is 0 Å².